The first-order chi connectivity index (χ1) is 15.7. The Morgan fingerprint density at radius 3 is 2.53 bits per heavy atom. The standard InChI is InChI=1S/C26H33NO5/c1-3-31-26-22(10-7-17-28)23(20-11-13-21(30-2)14-12-20)18-24(32-26)25(29)27-16-15-19-8-5-4-6-9-19/h4-6,8-9,11-14,18,22-23,26,28H,3,7,10,15-17H2,1-2H3,(H,27,29)/t22-,23-,26-/m0/s1. The number of hydrogen-bond acceptors (Lipinski definition) is 5. The van der Waals surface area contributed by atoms with Gasteiger partial charge in [0.2, 0.25) is 6.29 Å². The van der Waals surface area contributed by atoms with Crippen LogP contribution in [0.2, 0.25) is 0 Å². The van der Waals surface area contributed by atoms with E-state index < -0.39 is 6.29 Å². The first-order valence-corrected chi connectivity index (χ1v) is 11.2. The third kappa shape index (κ3) is 6.34. The maximum absolute atomic E-state index is 12.9. The van der Waals surface area contributed by atoms with E-state index in [2.05, 4.69) is 5.32 Å². The molecule has 1 heterocycles. The molecule has 6 heteroatoms. The van der Waals surface area contributed by atoms with Crippen molar-refractivity contribution >= 4 is 5.91 Å². The highest BCUT2D eigenvalue weighted by atomic mass is 16.7. The molecule has 0 aliphatic carbocycles. The van der Waals surface area contributed by atoms with Crippen LogP contribution in [0.15, 0.2) is 66.4 Å². The molecular formula is C26H33NO5. The van der Waals surface area contributed by atoms with E-state index in [4.69, 9.17) is 14.2 Å². The summed E-state index contributed by atoms with van der Waals surface area (Å²) in [5, 5.41) is 12.4. The minimum Gasteiger partial charge on any atom is -0.497 e. The van der Waals surface area contributed by atoms with Gasteiger partial charge in [-0.2, -0.15) is 0 Å². The Kier molecular flexibility index (Phi) is 9.13. The number of aliphatic hydroxyl groups excluding tert-OH is 1. The van der Waals surface area contributed by atoms with E-state index in [1.165, 1.54) is 5.56 Å². The molecule has 2 aromatic rings. The number of aliphatic hydroxyl groups is 1. The van der Waals surface area contributed by atoms with Gasteiger partial charge >= 0.3 is 0 Å². The molecule has 1 amide bonds. The van der Waals surface area contributed by atoms with Crippen LogP contribution in [-0.4, -0.2) is 44.2 Å². The number of amides is 1. The number of carbonyl (C=O) groups is 1. The van der Waals surface area contributed by atoms with Crippen LogP contribution in [0.3, 0.4) is 0 Å². The van der Waals surface area contributed by atoms with Crippen LogP contribution in [-0.2, 0) is 20.7 Å². The zero-order valence-corrected chi connectivity index (χ0v) is 18.8. The predicted molar refractivity (Wildman–Crippen MR) is 123 cm³/mol. The Morgan fingerprint density at radius 1 is 1.12 bits per heavy atom. The quantitative estimate of drug-likeness (QED) is 0.557. The molecule has 32 heavy (non-hydrogen) atoms. The van der Waals surface area contributed by atoms with Gasteiger partial charge < -0.3 is 24.6 Å². The second kappa shape index (κ2) is 12.3. The molecule has 1 aliphatic heterocycles. The fraction of sp³-hybridized carbons (Fsp3) is 0.423. The second-order valence-electron chi connectivity index (χ2n) is 7.79. The van der Waals surface area contributed by atoms with Gasteiger partial charge in [-0.1, -0.05) is 42.5 Å². The van der Waals surface area contributed by atoms with Crippen molar-refractivity contribution in [2.75, 3.05) is 26.9 Å². The lowest BCUT2D eigenvalue weighted by Crippen LogP contribution is -2.39. The number of benzene rings is 2. The van der Waals surface area contributed by atoms with E-state index in [-0.39, 0.29) is 30.1 Å². The lowest BCUT2D eigenvalue weighted by molar-refractivity contribution is -0.166. The molecule has 0 bridgehead atoms. The van der Waals surface area contributed by atoms with Crippen molar-refractivity contribution in [3.63, 3.8) is 0 Å². The number of hydrogen-bond donors (Lipinski definition) is 2. The molecule has 0 radical (unpaired) electrons. The normalized spacial score (nSPS) is 20.2. The number of methoxy groups -OCH3 is 1. The largest absolute Gasteiger partial charge is 0.497 e. The summed E-state index contributed by atoms with van der Waals surface area (Å²) >= 11 is 0. The summed E-state index contributed by atoms with van der Waals surface area (Å²) in [4.78, 5) is 12.9. The zero-order chi connectivity index (χ0) is 22.8. The van der Waals surface area contributed by atoms with Gasteiger partial charge in [0.25, 0.3) is 5.91 Å². The third-order valence-electron chi connectivity index (χ3n) is 5.68. The zero-order valence-electron chi connectivity index (χ0n) is 18.8. The van der Waals surface area contributed by atoms with Crippen molar-refractivity contribution in [2.45, 2.75) is 38.4 Å². The summed E-state index contributed by atoms with van der Waals surface area (Å²) in [6.07, 6.45) is 3.43. The average Bonchev–Trinajstić information content (AvgIpc) is 2.83. The topological polar surface area (TPSA) is 77.0 Å². The molecule has 0 saturated carbocycles. The number of rotatable bonds is 11. The number of allylic oxidation sites excluding steroid dienone is 1. The van der Waals surface area contributed by atoms with Gasteiger partial charge in [0.05, 0.1) is 7.11 Å². The molecule has 2 N–H and O–H groups in total. The Labute approximate surface area is 190 Å². The van der Waals surface area contributed by atoms with Gasteiger partial charge in [-0.3, -0.25) is 4.79 Å². The number of carbonyl (C=O) groups excluding carboxylic acids is 1. The molecule has 172 valence electrons. The summed E-state index contributed by atoms with van der Waals surface area (Å²) in [6, 6.07) is 17.9. The molecule has 0 unspecified atom stereocenters. The van der Waals surface area contributed by atoms with Crippen LogP contribution in [0.1, 0.15) is 36.8 Å². The van der Waals surface area contributed by atoms with Crippen molar-refractivity contribution in [2.24, 2.45) is 5.92 Å². The predicted octanol–water partition coefficient (Wildman–Crippen LogP) is 3.80. The smallest absolute Gasteiger partial charge is 0.286 e. The summed E-state index contributed by atoms with van der Waals surface area (Å²) in [6.45, 7) is 3.00. The van der Waals surface area contributed by atoms with Gasteiger partial charge in [0.15, 0.2) is 5.76 Å². The highest BCUT2D eigenvalue weighted by molar-refractivity contribution is 5.91. The van der Waals surface area contributed by atoms with Crippen molar-refractivity contribution in [3.05, 3.63) is 77.6 Å². The summed E-state index contributed by atoms with van der Waals surface area (Å²) in [5.74, 6) is 0.711. The summed E-state index contributed by atoms with van der Waals surface area (Å²) in [5.41, 5.74) is 2.22. The second-order valence-corrected chi connectivity index (χ2v) is 7.79. The lowest BCUT2D eigenvalue weighted by atomic mass is 9.80. The monoisotopic (exact) mass is 439 g/mol. The molecule has 3 atom stereocenters. The van der Waals surface area contributed by atoms with Crippen molar-refractivity contribution in [1.29, 1.82) is 0 Å². The van der Waals surface area contributed by atoms with E-state index in [0.717, 1.165) is 24.2 Å². The van der Waals surface area contributed by atoms with Crippen LogP contribution >= 0.6 is 0 Å². The van der Waals surface area contributed by atoms with E-state index in [0.29, 0.717) is 19.6 Å². The molecule has 0 fully saturated rings. The van der Waals surface area contributed by atoms with Gasteiger partial charge in [0.1, 0.15) is 5.75 Å². The Balaban J connectivity index is 1.79. The molecular weight excluding hydrogens is 406 g/mol. The fourth-order valence-corrected chi connectivity index (χ4v) is 4.02. The summed E-state index contributed by atoms with van der Waals surface area (Å²) in [7, 11) is 1.64. The highest BCUT2D eigenvalue weighted by Gasteiger charge is 2.37. The number of ether oxygens (including phenoxy) is 3. The first kappa shape index (κ1) is 23.8. The van der Waals surface area contributed by atoms with Crippen molar-refractivity contribution < 1.29 is 24.1 Å². The molecule has 1 aliphatic rings. The SMILES string of the molecule is CCO[C@H]1OC(C(=O)NCCc2ccccc2)=C[C@@H](c2ccc(OC)cc2)[C@@H]1CCCO. The van der Waals surface area contributed by atoms with E-state index in [1.54, 1.807) is 7.11 Å². The Hall–Kier alpha value is -2.83. The molecule has 0 saturated heterocycles. The average molecular weight is 440 g/mol. The maximum atomic E-state index is 12.9. The maximum Gasteiger partial charge on any atom is 0.286 e. The van der Waals surface area contributed by atoms with Crippen molar-refractivity contribution in [1.82, 2.24) is 5.32 Å². The molecule has 0 aromatic heterocycles. The van der Waals surface area contributed by atoms with E-state index in [9.17, 15) is 9.90 Å². The van der Waals surface area contributed by atoms with Crippen molar-refractivity contribution in [3.8, 4) is 5.75 Å². The molecule has 3 rings (SSSR count). The lowest BCUT2D eigenvalue weighted by Gasteiger charge is -2.37. The fourth-order valence-electron chi connectivity index (χ4n) is 4.02. The Bertz CT molecular complexity index is 866. The van der Waals surface area contributed by atoms with Crippen LogP contribution < -0.4 is 10.1 Å². The van der Waals surface area contributed by atoms with Crippen LogP contribution in [0.4, 0.5) is 0 Å². The van der Waals surface area contributed by atoms with Crippen LogP contribution in [0, 0.1) is 5.92 Å². The Morgan fingerprint density at radius 2 is 1.88 bits per heavy atom. The van der Waals surface area contributed by atoms with Crippen LogP contribution in [0.5, 0.6) is 5.75 Å². The minimum atomic E-state index is -0.557. The third-order valence-corrected chi connectivity index (χ3v) is 5.68. The first-order valence-electron chi connectivity index (χ1n) is 11.2. The van der Waals surface area contributed by atoms with Crippen LogP contribution in [0.25, 0.3) is 0 Å². The molecule has 0 spiro atoms. The minimum absolute atomic E-state index is 0.0173. The highest BCUT2D eigenvalue weighted by Crippen LogP contribution is 2.39. The van der Waals surface area contributed by atoms with Gasteiger partial charge in [-0.25, -0.2) is 0 Å². The van der Waals surface area contributed by atoms with Gasteiger partial charge in [0, 0.05) is 31.6 Å². The number of nitrogens with one attached hydrogen (secondary N) is 1. The summed E-state index contributed by atoms with van der Waals surface area (Å²) < 4.78 is 17.2. The van der Waals surface area contributed by atoms with E-state index >= 15 is 0 Å². The van der Waals surface area contributed by atoms with Gasteiger partial charge in [-0.05, 0) is 55.5 Å². The van der Waals surface area contributed by atoms with Gasteiger partial charge in [-0.15, -0.1) is 0 Å². The molecule has 6 nitrogen and oxygen atoms in total. The van der Waals surface area contributed by atoms with E-state index in [1.807, 2.05) is 67.6 Å². The molecule has 2 aromatic carbocycles.